The Hall–Kier alpha value is 0.880. The molecule has 0 rings (SSSR count). The van der Waals surface area contributed by atoms with Gasteiger partial charge >= 0.3 is 6.72 Å². The third kappa shape index (κ3) is 4.21. The molecule has 2 N–H and O–H groups in total. The SMILES string of the molecule is CC(C)(C)C(C)(S)OP(O)(O)=S. The van der Waals surface area contributed by atoms with Crippen LogP contribution >= 0.6 is 19.3 Å². The van der Waals surface area contributed by atoms with Crippen LogP contribution in [0.25, 0.3) is 0 Å². The van der Waals surface area contributed by atoms with E-state index in [1.807, 2.05) is 20.8 Å². The van der Waals surface area contributed by atoms with E-state index in [2.05, 4.69) is 24.4 Å². The second kappa shape index (κ2) is 3.56. The summed E-state index contributed by atoms with van der Waals surface area (Å²) in [7, 11) is 0. The Kier molecular flexibility index (Phi) is 3.82. The maximum absolute atomic E-state index is 8.93. The summed E-state index contributed by atoms with van der Waals surface area (Å²) >= 11 is 8.53. The van der Waals surface area contributed by atoms with Gasteiger partial charge in [-0.15, -0.1) is 12.6 Å². The van der Waals surface area contributed by atoms with Crippen LogP contribution in [-0.2, 0) is 16.3 Å². The van der Waals surface area contributed by atoms with Crippen molar-refractivity contribution < 1.29 is 14.3 Å². The number of thiol groups is 1. The fourth-order valence-electron chi connectivity index (χ4n) is 0.368. The van der Waals surface area contributed by atoms with Crippen LogP contribution in [0.2, 0.25) is 0 Å². The molecule has 1 unspecified atom stereocenters. The third-order valence-electron chi connectivity index (χ3n) is 1.69. The average molecular weight is 230 g/mol. The second-order valence-corrected chi connectivity index (χ2v) is 7.26. The second-order valence-electron chi connectivity index (χ2n) is 3.81. The zero-order valence-corrected chi connectivity index (χ0v) is 10.2. The highest BCUT2D eigenvalue weighted by molar-refractivity contribution is 8.06. The fourth-order valence-corrected chi connectivity index (χ4v) is 2.06. The molecule has 74 valence electrons. The van der Waals surface area contributed by atoms with Crippen molar-refractivity contribution >= 4 is 31.2 Å². The topological polar surface area (TPSA) is 49.7 Å². The average Bonchev–Trinajstić information content (AvgIpc) is 1.52. The predicted octanol–water partition coefficient (Wildman–Crippen LogP) is 1.90. The first-order chi connectivity index (χ1) is 4.96. The van der Waals surface area contributed by atoms with Gasteiger partial charge in [0.15, 0.2) is 0 Å². The van der Waals surface area contributed by atoms with Gasteiger partial charge in [-0.2, -0.15) is 0 Å². The minimum Gasteiger partial charge on any atom is -0.324 e. The van der Waals surface area contributed by atoms with Crippen LogP contribution in [0.5, 0.6) is 0 Å². The smallest absolute Gasteiger partial charge is 0.323 e. The molecule has 0 aliphatic heterocycles. The van der Waals surface area contributed by atoms with Gasteiger partial charge < -0.3 is 9.79 Å². The molecule has 0 saturated carbocycles. The molecule has 0 spiro atoms. The molecule has 3 nitrogen and oxygen atoms in total. The van der Waals surface area contributed by atoms with E-state index in [1.54, 1.807) is 6.92 Å². The van der Waals surface area contributed by atoms with Crippen LogP contribution < -0.4 is 0 Å². The zero-order valence-electron chi connectivity index (χ0n) is 7.61. The summed E-state index contributed by atoms with van der Waals surface area (Å²) in [4.78, 5) is 16.9. The summed E-state index contributed by atoms with van der Waals surface area (Å²) < 4.78 is 4.89. The van der Waals surface area contributed by atoms with Crippen molar-refractivity contribution in [3.05, 3.63) is 0 Å². The van der Waals surface area contributed by atoms with Crippen molar-refractivity contribution in [1.29, 1.82) is 0 Å². The Labute approximate surface area is 83.8 Å². The standard InChI is InChI=1S/C6H15O3PS2/c1-5(2,3)6(4,11)9-10(7,8)12/h11H,1-4H3,(H2,7,8,12). The highest BCUT2D eigenvalue weighted by atomic mass is 32.5. The fraction of sp³-hybridized carbons (Fsp3) is 1.00. The van der Waals surface area contributed by atoms with Crippen molar-refractivity contribution in [3.8, 4) is 0 Å². The monoisotopic (exact) mass is 230 g/mol. The molecule has 0 aliphatic carbocycles. The Morgan fingerprint density at radius 2 is 1.58 bits per heavy atom. The molecule has 12 heavy (non-hydrogen) atoms. The first-order valence-electron chi connectivity index (χ1n) is 3.44. The van der Waals surface area contributed by atoms with Crippen molar-refractivity contribution in [1.82, 2.24) is 0 Å². The number of rotatable bonds is 2. The lowest BCUT2D eigenvalue weighted by molar-refractivity contribution is 0.0572. The minimum absolute atomic E-state index is 0.314. The van der Waals surface area contributed by atoms with Crippen LogP contribution in [0, 0.1) is 5.41 Å². The summed E-state index contributed by atoms with van der Waals surface area (Å²) in [5, 5.41) is 0. The normalized spacial score (nSPS) is 18.9. The molecular weight excluding hydrogens is 215 g/mol. The molecule has 1 atom stereocenters. The molecule has 6 heteroatoms. The first kappa shape index (κ1) is 12.9. The zero-order chi connectivity index (χ0) is 10.2. The van der Waals surface area contributed by atoms with E-state index in [9.17, 15) is 0 Å². The van der Waals surface area contributed by atoms with Gasteiger partial charge in [-0.25, -0.2) is 0 Å². The Bertz CT molecular complexity index is 203. The lowest BCUT2D eigenvalue weighted by Gasteiger charge is -2.37. The third-order valence-corrected chi connectivity index (χ3v) is 3.42. The van der Waals surface area contributed by atoms with Gasteiger partial charge in [0.05, 0.1) is 0 Å². The van der Waals surface area contributed by atoms with Gasteiger partial charge in [0, 0.05) is 5.41 Å². The summed E-state index contributed by atoms with van der Waals surface area (Å²) in [6.45, 7) is 3.67. The highest BCUT2D eigenvalue weighted by Gasteiger charge is 2.38. The summed E-state index contributed by atoms with van der Waals surface area (Å²) in [6, 6.07) is 0. The highest BCUT2D eigenvalue weighted by Crippen LogP contribution is 2.49. The van der Waals surface area contributed by atoms with E-state index >= 15 is 0 Å². The van der Waals surface area contributed by atoms with Gasteiger partial charge in [-0.1, -0.05) is 20.8 Å². The van der Waals surface area contributed by atoms with E-state index in [1.165, 1.54) is 0 Å². The maximum Gasteiger partial charge on any atom is 0.323 e. The molecule has 0 aromatic rings. The van der Waals surface area contributed by atoms with Crippen LogP contribution in [0.3, 0.4) is 0 Å². The quantitative estimate of drug-likeness (QED) is 0.385. The summed E-state index contributed by atoms with van der Waals surface area (Å²) in [6.07, 6.45) is 0. The molecule has 0 aliphatic rings. The Morgan fingerprint density at radius 1 is 1.25 bits per heavy atom. The van der Waals surface area contributed by atoms with Gasteiger partial charge in [0.2, 0.25) is 0 Å². The van der Waals surface area contributed by atoms with Crippen LogP contribution in [0.1, 0.15) is 27.7 Å². The van der Waals surface area contributed by atoms with Gasteiger partial charge in [0.25, 0.3) is 0 Å². The van der Waals surface area contributed by atoms with Crippen LogP contribution in [-0.4, -0.2) is 14.7 Å². The minimum atomic E-state index is -3.63. The largest absolute Gasteiger partial charge is 0.324 e. The van der Waals surface area contributed by atoms with E-state index < -0.39 is 11.7 Å². The van der Waals surface area contributed by atoms with Crippen molar-refractivity contribution in [2.45, 2.75) is 32.6 Å². The van der Waals surface area contributed by atoms with Crippen LogP contribution in [0.15, 0.2) is 0 Å². The Balaban J connectivity index is 4.56. The molecule has 0 aromatic heterocycles. The first-order valence-corrected chi connectivity index (χ1v) is 6.52. The van der Waals surface area contributed by atoms with Crippen molar-refractivity contribution in [2.75, 3.05) is 0 Å². The molecule has 0 saturated heterocycles. The van der Waals surface area contributed by atoms with Crippen LogP contribution in [0.4, 0.5) is 0 Å². The van der Waals surface area contributed by atoms with E-state index in [-0.39, 0.29) is 5.41 Å². The van der Waals surface area contributed by atoms with Gasteiger partial charge in [-0.05, 0) is 18.7 Å². The van der Waals surface area contributed by atoms with E-state index in [0.717, 1.165) is 0 Å². The van der Waals surface area contributed by atoms with Crippen molar-refractivity contribution in [3.63, 3.8) is 0 Å². The molecule has 0 fully saturated rings. The van der Waals surface area contributed by atoms with E-state index in [4.69, 9.17) is 14.3 Å². The predicted molar refractivity (Wildman–Crippen MR) is 56.7 cm³/mol. The molecule has 0 radical (unpaired) electrons. The molecule has 0 bridgehead atoms. The van der Waals surface area contributed by atoms with Gasteiger partial charge in [0.1, 0.15) is 4.93 Å². The molecule has 0 aromatic carbocycles. The molecule has 0 amide bonds. The number of hydrogen-bond donors (Lipinski definition) is 3. The maximum atomic E-state index is 8.93. The summed E-state index contributed by atoms with van der Waals surface area (Å²) in [5.74, 6) is 0. The molecule has 0 heterocycles. The molecular formula is C6H15O3PS2. The lowest BCUT2D eigenvalue weighted by atomic mass is 9.90. The number of hydrogen-bond acceptors (Lipinski definition) is 3. The lowest BCUT2D eigenvalue weighted by Crippen LogP contribution is -2.36. The van der Waals surface area contributed by atoms with E-state index in [0.29, 0.717) is 0 Å². The Morgan fingerprint density at radius 3 is 1.67 bits per heavy atom. The van der Waals surface area contributed by atoms with Gasteiger partial charge in [-0.3, -0.25) is 4.52 Å². The summed E-state index contributed by atoms with van der Waals surface area (Å²) in [5.41, 5.74) is -0.314. The van der Waals surface area contributed by atoms with Crippen molar-refractivity contribution in [2.24, 2.45) is 5.41 Å².